The predicted octanol–water partition coefficient (Wildman–Crippen LogP) is 3.32. The fourth-order valence-electron chi connectivity index (χ4n) is 3.89. The van der Waals surface area contributed by atoms with E-state index < -0.39 is 0 Å². The maximum absolute atomic E-state index is 4.97. The number of aliphatic imine (C=N–C) groups is 1. The fraction of sp³-hybridized carbons (Fsp3) is 0.941. The summed E-state index contributed by atoms with van der Waals surface area (Å²) < 4.78 is 0. The number of guanidine groups is 1. The summed E-state index contributed by atoms with van der Waals surface area (Å²) in [7, 11) is 4.16. The highest BCUT2D eigenvalue weighted by Gasteiger charge is 2.38. The van der Waals surface area contributed by atoms with E-state index >= 15 is 0 Å². The SMILES string of the molecule is CCNC(=NCC1(N2CCCCC2)CCCCC1)N(C)C.I. The Hall–Kier alpha value is -0.0400. The first-order valence-corrected chi connectivity index (χ1v) is 8.89. The largest absolute Gasteiger partial charge is 0.357 e. The van der Waals surface area contributed by atoms with Crippen LogP contribution in [0.5, 0.6) is 0 Å². The number of halogens is 1. The molecular formula is C17H35IN4. The molecule has 130 valence electrons. The minimum Gasteiger partial charge on any atom is -0.357 e. The van der Waals surface area contributed by atoms with Crippen LogP contribution < -0.4 is 5.32 Å². The van der Waals surface area contributed by atoms with Gasteiger partial charge in [0.15, 0.2) is 5.96 Å². The third-order valence-corrected chi connectivity index (χ3v) is 5.09. The number of likely N-dealkylation sites (tertiary alicyclic amines) is 1. The third kappa shape index (κ3) is 5.25. The van der Waals surface area contributed by atoms with Gasteiger partial charge in [0, 0.05) is 26.2 Å². The molecule has 1 saturated carbocycles. The monoisotopic (exact) mass is 422 g/mol. The Morgan fingerprint density at radius 1 is 1.05 bits per heavy atom. The quantitative estimate of drug-likeness (QED) is 0.429. The van der Waals surface area contributed by atoms with Crippen LogP contribution in [0.15, 0.2) is 4.99 Å². The van der Waals surface area contributed by atoms with E-state index in [1.807, 2.05) is 0 Å². The lowest BCUT2D eigenvalue weighted by Gasteiger charge is -2.47. The van der Waals surface area contributed by atoms with Gasteiger partial charge >= 0.3 is 0 Å². The van der Waals surface area contributed by atoms with Crippen LogP contribution in [-0.2, 0) is 0 Å². The van der Waals surface area contributed by atoms with Gasteiger partial charge in [-0.15, -0.1) is 24.0 Å². The van der Waals surface area contributed by atoms with E-state index in [1.165, 1.54) is 64.5 Å². The molecule has 0 aromatic rings. The van der Waals surface area contributed by atoms with Crippen molar-refractivity contribution in [3.63, 3.8) is 0 Å². The van der Waals surface area contributed by atoms with Crippen LogP contribution in [0.1, 0.15) is 58.3 Å². The van der Waals surface area contributed by atoms with E-state index in [2.05, 4.69) is 36.1 Å². The molecule has 0 aromatic heterocycles. The van der Waals surface area contributed by atoms with Gasteiger partial charge < -0.3 is 10.2 Å². The highest BCUT2D eigenvalue weighted by atomic mass is 127. The molecular weight excluding hydrogens is 387 g/mol. The van der Waals surface area contributed by atoms with Crippen molar-refractivity contribution < 1.29 is 0 Å². The number of piperidine rings is 1. The van der Waals surface area contributed by atoms with Gasteiger partial charge in [0.1, 0.15) is 0 Å². The van der Waals surface area contributed by atoms with Gasteiger partial charge in [0.25, 0.3) is 0 Å². The number of rotatable bonds is 4. The lowest BCUT2D eigenvalue weighted by Crippen LogP contribution is -2.54. The molecule has 2 fully saturated rings. The third-order valence-electron chi connectivity index (χ3n) is 5.09. The lowest BCUT2D eigenvalue weighted by molar-refractivity contribution is 0.0406. The summed E-state index contributed by atoms with van der Waals surface area (Å²) in [6, 6.07) is 0. The zero-order chi connectivity index (χ0) is 15.1. The molecule has 0 atom stereocenters. The van der Waals surface area contributed by atoms with E-state index in [1.54, 1.807) is 0 Å². The second-order valence-corrected chi connectivity index (χ2v) is 6.90. The first-order chi connectivity index (χ1) is 10.2. The van der Waals surface area contributed by atoms with Crippen molar-refractivity contribution in [1.82, 2.24) is 15.1 Å². The number of hydrogen-bond donors (Lipinski definition) is 1. The van der Waals surface area contributed by atoms with Crippen molar-refractivity contribution in [3.8, 4) is 0 Å². The molecule has 0 amide bonds. The molecule has 1 heterocycles. The Morgan fingerprint density at radius 3 is 2.18 bits per heavy atom. The molecule has 2 aliphatic rings. The Kier molecular flexibility index (Phi) is 9.05. The summed E-state index contributed by atoms with van der Waals surface area (Å²) in [6.45, 7) is 6.61. The van der Waals surface area contributed by atoms with Crippen LogP contribution in [-0.4, -0.2) is 61.6 Å². The molecule has 0 radical (unpaired) electrons. The molecule has 4 nitrogen and oxygen atoms in total. The van der Waals surface area contributed by atoms with Gasteiger partial charge in [-0.3, -0.25) is 9.89 Å². The summed E-state index contributed by atoms with van der Waals surface area (Å²) >= 11 is 0. The zero-order valence-corrected chi connectivity index (χ0v) is 17.1. The Bertz CT molecular complexity index is 332. The van der Waals surface area contributed by atoms with Crippen LogP contribution in [0.25, 0.3) is 0 Å². The molecule has 1 aliphatic heterocycles. The Balaban J connectivity index is 0.00000242. The van der Waals surface area contributed by atoms with E-state index in [0.717, 1.165) is 19.0 Å². The average molecular weight is 422 g/mol. The van der Waals surface area contributed by atoms with Gasteiger partial charge in [0.05, 0.1) is 6.54 Å². The summed E-state index contributed by atoms with van der Waals surface area (Å²) in [6.07, 6.45) is 11.0. The van der Waals surface area contributed by atoms with Gasteiger partial charge in [0.2, 0.25) is 0 Å². The van der Waals surface area contributed by atoms with Gasteiger partial charge in [-0.25, -0.2) is 0 Å². The maximum Gasteiger partial charge on any atom is 0.193 e. The Morgan fingerprint density at radius 2 is 1.64 bits per heavy atom. The van der Waals surface area contributed by atoms with Crippen LogP contribution in [0.4, 0.5) is 0 Å². The first-order valence-electron chi connectivity index (χ1n) is 8.89. The summed E-state index contributed by atoms with van der Waals surface area (Å²) in [5.41, 5.74) is 0.343. The summed E-state index contributed by atoms with van der Waals surface area (Å²) in [5, 5.41) is 3.40. The average Bonchev–Trinajstić information content (AvgIpc) is 2.53. The molecule has 5 heteroatoms. The van der Waals surface area contributed by atoms with Crippen molar-refractivity contribution in [2.45, 2.75) is 63.8 Å². The minimum atomic E-state index is 0. The van der Waals surface area contributed by atoms with Crippen LogP contribution in [0, 0.1) is 0 Å². The molecule has 1 saturated heterocycles. The van der Waals surface area contributed by atoms with Gasteiger partial charge in [-0.1, -0.05) is 25.7 Å². The van der Waals surface area contributed by atoms with Crippen molar-refractivity contribution in [1.29, 1.82) is 0 Å². The highest BCUT2D eigenvalue weighted by Crippen LogP contribution is 2.35. The van der Waals surface area contributed by atoms with Crippen molar-refractivity contribution in [2.75, 3.05) is 40.3 Å². The van der Waals surface area contributed by atoms with E-state index in [-0.39, 0.29) is 24.0 Å². The van der Waals surface area contributed by atoms with Crippen molar-refractivity contribution in [2.24, 2.45) is 4.99 Å². The van der Waals surface area contributed by atoms with Gasteiger partial charge in [-0.05, 0) is 45.7 Å². The van der Waals surface area contributed by atoms with Crippen LogP contribution >= 0.6 is 24.0 Å². The van der Waals surface area contributed by atoms with E-state index in [9.17, 15) is 0 Å². The molecule has 0 bridgehead atoms. The standard InChI is InChI=1S/C17H34N4.HI/c1-4-18-16(20(2)3)19-15-17(11-7-5-8-12-17)21-13-9-6-10-14-21;/h4-15H2,1-3H3,(H,18,19);1H. The summed E-state index contributed by atoms with van der Waals surface area (Å²) in [4.78, 5) is 9.86. The van der Waals surface area contributed by atoms with Crippen molar-refractivity contribution in [3.05, 3.63) is 0 Å². The maximum atomic E-state index is 4.97. The van der Waals surface area contributed by atoms with Crippen LogP contribution in [0.2, 0.25) is 0 Å². The van der Waals surface area contributed by atoms with Crippen LogP contribution in [0.3, 0.4) is 0 Å². The van der Waals surface area contributed by atoms with E-state index in [4.69, 9.17) is 4.99 Å². The molecule has 1 aliphatic carbocycles. The lowest BCUT2D eigenvalue weighted by atomic mass is 9.79. The zero-order valence-electron chi connectivity index (χ0n) is 14.7. The number of nitrogens with zero attached hydrogens (tertiary/aromatic N) is 3. The second kappa shape index (κ2) is 9.96. The summed E-state index contributed by atoms with van der Waals surface area (Å²) in [5.74, 6) is 1.04. The predicted molar refractivity (Wildman–Crippen MR) is 106 cm³/mol. The smallest absolute Gasteiger partial charge is 0.193 e. The first kappa shape index (κ1) is 20.0. The normalized spacial score (nSPS) is 22.8. The highest BCUT2D eigenvalue weighted by molar-refractivity contribution is 14.0. The molecule has 0 aromatic carbocycles. The molecule has 22 heavy (non-hydrogen) atoms. The molecule has 2 rings (SSSR count). The minimum absolute atomic E-state index is 0. The van der Waals surface area contributed by atoms with Gasteiger partial charge in [-0.2, -0.15) is 0 Å². The number of hydrogen-bond acceptors (Lipinski definition) is 2. The topological polar surface area (TPSA) is 30.9 Å². The van der Waals surface area contributed by atoms with Crippen molar-refractivity contribution >= 4 is 29.9 Å². The second-order valence-electron chi connectivity index (χ2n) is 6.90. The van der Waals surface area contributed by atoms with E-state index in [0.29, 0.717) is 5.54 Å². The molecule has 1 N–H and O–H groups in total. The molecule has 0 unspecified atom stereocenters. The fourth-order valence-corrected chi connectivity index (χ4v) is 3.89. The molecule has 0 spiro atoms. The number of nitrogens with one attached hydrogen (secondary N) is 1. The Labute approximate surface area is 154 Å².